The Kier molecular flexibility index (Phi) is 4.97. The maximum Gasteiger partial charge on any atom is 0.328 e. The standard InChI is InChI=1S/C11H12BrIN2O3/c1-11(2,9(16)17)15-10(18)14-8-5-6(12)3-4-7(8)13/h3-5H,1-2H3,(H,16,17)(H2,14,15,18). The largest absolute Gasteiger partial charge is 0.480 e. The average Bonchev–Trinajstić information content (AvgIpc) is 2.22. The van der Waals surface area contributed by atoms with Crippen LogP contribution in [0.1, 0.15) is 13.8 Å². The second kappa shape index (κ2) is 5.87. The molecule has 1 rings (SSSR count). The van der Waals surface area contributed by atoms with Gasteiger partial charge in [0.05, 0.1) is 5.69 Å². The number of halogens is 2. The molecule has 0 bridgehead atoms. The van der Waals surface area contributed by atoms with Crippen molar-refractivity contribution in [2.24, 2.45) is 0 Å². The lowest BCUT2D eigenvalue weighted by molar-refractivity contribution is -0.142. The first-order valence-electron chi connectivity index (χ1n) is 5.00. The van der Waals surface area contributed by atoms with Gasteiger partial charge >= 0.3 is 12.0 Å². The molecular formula is C11H12BrIN2O3. The van der Waals surface area contributed by atoms with Crippen molar-refractivity contribution in [3.05, 3.63) is 26.2 Å². The van der Waals surface area contributed by atoms with E-state index in [1.807, 2.05) is 12.1 Å². The van der Waals surface area contributed by atoms with Gasteiger partial charge < -0.3 is 15.7 Å². The van der Waals surface area contributed by atoms with Gasteiger partial charge in [0.15, 0.2) is 0 Å². The van der Waals surface area contributed by atoms with Crippen LogP contribution < -0.4 is 10.6 Å². The Hall–Kier alpha value is -0.830. The van der Waals surface area contributed by atoms with Crippen molar-refractivity contribution in [1.29, 1.82) is 0 Å². The lowest BCUT2D eigenvalue weighted by atomic mass is 10.1. The van der Waals surface area contributed by atoms with Gasteiger partial charge in [-0.05, 0) is 54.6 Å². The summed E-state index contributed by atoms with van der Waals surface area (Å²) in [6.45, 7) is 2.83. The zero-order valence-corrected chi connectivity index (χ0v) is 13.5. The van der Waals surface area contributed by atoms with E-state index in [1.54, 1.807) is 6.07 Å². The van der Waals surface area contributed by atoms with E-state index in [0.717, 1.165) is 8.04 Å². The van der Waals surface area contributed by atoms with Crippen molar-refractivity contribution in [3.63, 3.8) is 0 Å². The highest BCUT2D eigenvalue weighted by molar-refractivity contribution is 14.1. The monoisotopic (exact) mass is 426 g/mol. The molecular weight excluding hydrogens is 415 g/mol. The van der Waals surface area contributed by atoms with Crippen LogP contribution in [-0.4, -0.2) is 22.6 Å². The van der Waals surface area contributed by atoms with E-state index in [-0.39, 0.29) is 0 Å². The van der Waals surface area contributed by atoms with Crippen molar-refractivity contribution < 1.29 is 14.7 Å². The maximum atomic E-state index is 11.7. The first kappa shape index (κ1) is 15.2. The van der Waals surface area contributed by atoms with E-state index in [2.05, 4.69) is 49.2 Å². The molecule has 0 saturated heterocycles. The van der Waals surface area contributed by atoms with Crippen molar-refractivity contribution in [2.45, 2.75) is 19.4 Å². The Balaban J connectivity index is 2.77. The van der Waals surface area contributed by atoms with Crippen molar-refractivity contribution >= 4 is 56.2 Å². The number of anilines is 1. The molecule has 5 nitrogen and oxygen atoms in total. The minimum atomic E-state index is -1.32. The highest BCUT2D eigenvalue weighted by atomic mass is 127. The van der Waals surface area contributed by atoms with Crippen molar-refractivity contribution in [3.8, 4) is 0 Å². The van der Waals surface area contributed by atoms with Crippen LogP contribution in [0.25, 0.3) is 0 Å². The fourth-order valence-corrected chi connectivity index (χ4v) is 1.92. The summed E-state index contributed by atoms with van der Waals surface area (Å²) in [5.74, 6) is -1.10. The molecule has 7 heteroatoms. The molecule has 0 aliphatic carbocycles. The Bertz CT molecular complexity index is 491. The number of hydrogen-bond donors (Lipinski definition) is 3. The molecule has 2 amide bonds. The van der Waals surface area contributed by atoms with Crippen LogP contribution in [0.15, 0.2) is 22.7 Å². The van der Waals surface area contributed by atoms with Crippen LogP contribution in [0.3, 0.4) is 0 Å². The molecule has 0 saturated carbocycles. The normalized spacial score (nSPS) is 10.9. The van der Waals surface area contributed by atoms with Crippen LogP contribution in [0.2, 0.25) is 0 Å². The molecule has 3 N–H and O–H groups in total. The summed E-state index contributed by atoms with van der Waals surface area (Å²) in [5, 5.41) is 13.9. The minimum Gasteiger partial charge on any atom is -0.480 e. The first-order chi connectivity index (χ1) is 8.22. The van der Waals surface area contributed by atoms with Crippen LogP contribution in [0, 0.1) is 3.57 Å². The van der Waals surface area contributed by atoms with Gasteiger partial charge in [-0.25, -0.2) is 9.59 Å². The van der Waals surface area contributed by atoms with Gasteiger partial charge in [-0.3, -0.25) is 0 Å². The number of urea groups is 1. The Morgan fingerprint density at radius 1 is 1.39 bits per heavy atom. The molecule has 0 spiro atoms. The van der Waals surface area contributed by atoms with E-state index >= 15 is 0 Å². The van der Waals surface area contributed by atoms with Gasteiger partial charge in [0, 0.05) is 8.04 Å². The second-order valence-corrected chi connectivity index (χ2v) is 6.21. The highest BCUT2D eigenvalue weighted by Crippen LogP contribution is 2.22. The lowest BCUT2D eigenvalue weighted by Crippen LogP contribution is -2.51. The summed E-state index contributed by atoms with van der Waals surface area (Å²) < 4.78 is 1.69. The number of nitrogens with one attached hydrogen (secondary N) is 2. The molecule has 0 fully saturated rings. The number of carbonyl (C=O) groups excluding carboxylic acids is 1. The number of rotatable bonds is 3. The Morgan fingerprint density at radius 2 is 2.00 bits per heavy atom. The third-order valence-electron chi connectivity index (χ3n) is 2.14. The highest BCUT2D eigenvalue weighted by Gasteiger charge is 2.29. The zero-order chi connectivity index (χ0) is 13.9. The Labute approximate surface area is 127 Å². The minimum absolute atomic E-state index is 0.557. The molecule has 0 heterocycles. The van der Waals surface area contributed by atoms with Gasteiger partial charge in [-0.1, -0.05) is 15.9 Å². The number of carboxylic acids is 1. The number of aliphatic carboxylic acids is 1. The SMILES string of the molecule is CC(C)(NC(=O)Nc1cc(Br)ccc1I)C(=O)O. The molecule has 1 aromatic carbocycles. The average molecular weight is 427 g/mol. The fourth-order valence-electron chi connectivity index (χ4n) is 1.08. The van der Waals surface area contributed by atoms with Gasteiger partial charge in [-0.2, -0.15) is 0 Å². The van der Waals surface area contributed by atoms with Crippen molar-refractivity contribution in [1.82, 2.24) is 5.32 Å². The number of hydrogen-bond acceptors (Lipinski definition) is 2. The van der Waals surface area contributed by atoms with E-state index in [1.165, 1.54) is 13.8 Å². The van der Waals surface area contributed by atoms with E-state index in [9.17, 15) is 9.59 Å². The molecule has 0 radical (unpaired) electrons. The zero-order valence-electron chi connectivity index (χ0n) is 9.75. The number of carbonyl (C=O) groups is 2. The quantitative estimate of drug-likeness (QED) is 0.650. The molecule has 18 heavy (non-hydrogen) atoms. The van der Waals surface area contributed by atoms with Gasteiger partial charge in [0.1, 0.15) is 5.54 Å². The molecule has 98 valence electrons. The molecule has 0 atom stereocenters. The summed E-state index contributed by atoms with van der Waals surface area (Å²) in [6.07, 6.45) is 0. The lowest BCUT2D eigenvalue weighted by Gasteiger charge is -2.21. The summed E-state index contributed by atoms with van der Waals surface area (Å²) in [6, 6.07) is 4.88. The molecule has 0 unspecified atom stereocenters. The van der Waals surface area contributed by atoms with Gasteiger partial charge in [0.2, 0.25) is 0 Å². The second-order valence-electron chi connectivity index (χ2n) is 4.13. The van der Waals surface area contributed by atoms with Crippen LogP contribution in [-0.2, 0) is 4.79 Å². The van der Waals surface area contributed by atoms with Crippen LogP contribution >= 0.6 is 38.5 Å². The number of amides is 2. The van der Waals surface area contributed by atoms with Gasteiger partial charge in [-0.15, -0.1) is 0 Å². The Morgan fingerprint density at radius 3 is 2.56 bits per heavy atom. The molecule has 0 aliphatic heterocycles. The molecule has 1 aromatic rings. The number of benzene rings is 1. The smallest absolute Gasteiger partial charge is 0.328 e. The predicted molar refractivity (Wildman–Crippen MR) is 80.7 cm³/mol. The predicted octanol–water partition coefficient (Wildman–Crippen LogP) is 3.04. The fraction of sp³-hybridized carbons (Fsp3) is 0.273. The van der Waals surface area contributed by atoms with E-state index in [4.69, 9.17) is 5.11 Å². The summed E-state index contributed by atoms with van der Waals surface area (Å²) in [7, 11) is 0. The van der Waals surface area contributed by atoms with Crippen LogP contribution in [0.4, 0.5) is 10.5 Å². The third kappa shape index (κ3) is 4.13. The summed E-state index contributed by atoms with van der Waals surface area (Å²) in [4.78, 5) is 22.6. The van der Waals surface area contributed by atoms with Gasteiger partial charge in [0.25, 0.3) is 0 Å². The summed E-state index contributed by atoms with van der Waals surface area (Å²) in [5.41, 5.74) is -0.703. The summed E-state index contributed by atoms with van der Waals surface area (Å²) >= 11 is 5.38. The van der Waals surface area contributed by atoms with E-state index in [0.29, 0.717) is 5.69 Å². The molecule has 0 aromatic heterocycles. The number of carboxylic acid groups (broad SMARTS) is 1. The maximum absolute atomic E-state index is 11.7. The van der Waals surface area contributed by atoms with Crippen molar-refractivity contribution in [2.75, 3.05) is 5.32 Å². The van der Waals surface area contributed by atoms with E-state index < -0.39 is 17.5 Å². The first-order valence-corrected chi connectivity index (χ1v) is 6.87. The van der Waals surface area contributed by atoms with Crippen LogP contribution in [0.5, 0.6) is 0 Å². The molecule has 0 aliphatic rings. The topological polar surface area (TPSA) is 78.4 Å². The third-order valence-corrected chi connectivity index (χ3v) is 3.57.